The van der Waals surface area contributed by atoms with E-state index < -0.39 is 0 Å². The highest BCUT2D eigenvalue weighted by atomic mass is 79.9. The first kappa shape index (κ1) is 28.1. The molecule has 0 bridgehead atoms. The van der Waals surface area contributed by atoms with Crippen LogP contribution in [0.4, 0.5) is 0 Å². The molecular weight excluding hydrogens is 500 g/mol. The number of pyridine rings is 2. The number of nitrogens with zero attached hydrogens (tertiary/aromatic N) is 2. The number of hydrogen-bond acceptors (Lipinski definition) is 3. The van der Waals surface area contributed by atoms with E-state index in [4.69, 9.17) is 14.2 Å². The molecule has 0 amide bonds. The second-order valence-electron chi connectivity index (χ2n) is 6.93. The Morgan fingerprint density at radius 2 is 0.897 bits per heavy atom. The maximum Gasteiger partial charge on any atom is 0.172 e. The molecule has 7 heteroatoms. The van der Waals surface area contributed by atoms with Gasteiger partial charge in [-0.1, -0.05) is 0 Å². The van der Waals surface area contributed by atoms with Crippen molar-refractivity contribution in [1.29, 1.82) is 0 Å². The van der Waals surface area contributed by atoms with E-state index in [9.17, 15) is 0 Å². The molecule has 0 unspecified atom stereocenters. The molecule has 0 fully saturated rings. The molecule has 164 valence electrons. The molecule has 2 aromatic rings. The Morgan fingerprint density at radius 1 is 0.552 bits per heavy atom. The fraction of sp³-hybridized carbons (Fsp3) is 0.545. The molecule has 29 heavy (non-hydrogen) atoms. The monoisotopic (exact) mass is 532 g/mol. The second-order valence-corrected chi connectivity index (χ2v) is 6.93. The van der Waals surface area contributed by atoms with Gasteiger partial charge in [0.2, 0.25) is 0 Å². The summed E-state index contributed by atoms with van der Waals surface area (Å²) >= 11 is 0. The van der Waals surface area contributed by atoms with Gasteiger partial charge in [-0.15, -0.1) is 0 Å². The molecule has 0 radical (unpaired) electrons. The maximum atomic E-state index is 5.62. The molecule has 2 aromatic heterocycles. The number of halogens is 2. The van der Waals surface area contributed by atoms with Crippen LogP contribution in [0.2, 0.25) is 0 Å². The van der Waals surface area contributed by atoms with Crippen molar-refractivity contribution in [1.82, 2.24) is 0 Å². The molecule has 2 heterocycles. The molecule has 0 aromatic carbocycles. The Balaban J connectivity index is 0.00000392. The van der Waals surface area contributed by atoms with Gasteiger partial charge in [0, 0.05) is 23.3 Å². The van der Waals surface area contributed by atoms with E-state index >= 15 is 0 Å². The lowest BCUT2D eigenvalue weighted by Crippen LogP contribution is -3.00. The van der Waals surface area contributed by atoms with E-state index in [1.165, 1.54) is 22.3 Å². The predicted octanol–water partition coefficient (Wildman–Crippen LogP) is -3.75. The quantitative estimate of drug-likeness (QED) is 0.208. The normalized spacial score (nSPS) is 10.3. The van der Waals surface area contributed by atoms with Gasteiger partial charge in [-0.3, -0.25) is 0 Å². The third-order valence-corrected chi connectivity index (χ3v) is 4.73. The minimum Gasteiger partial charge on any atom is -1.00 e. The van der Waals surface area contributed by atoms with E-state index in [1.54, 1.807) is 0 Å². The molecule has 0 N–H and O–H groups in total. The SMILES string of the molecule is Cc1cc[n+](CCOCCOCCOCC[n+]2ccc(C)c(C)c2)cc1C.[Br-].[Br-]. The predicted molar refractivity (Wildman–Crippen MR) is 105 cm³/mol. The lowest BCUT2D eigenvalue weighted by atomic mass is 10.2. The van der Waals surface area contributed by atoms with Crippen LogP contribution >= 0.6 is 0 Å². The molecule has 0 aliphatic rings. The summed E-state index contributed by atoms with van der Waals surface area (Å²) in [6.07, 6.45) is 8.50. The zero-order valence-electron chi connectivity index (χ0n) is 18.0. The Bertz CT molecular complexity index is 655. The number of rotatable bonds is 12. The van der Waals surface area contributed by atoms with Crippen molar-refractivity contribution >= 4 is 0 Å². The second kappa shape index (κ2) is 15.9. The van der Waals surface area contributed by atoms with Gasteiger partial charge in [0.25, 0.3) is 0 Å². The summed E-state index contributed by atoms with van der Waals surface area (Å²) in [5, 5.41) is 0. The first-order valence-electron chi connectivity index (χ1n) is 9.72. The van der Waals surface area contributed by atoms with Gasteiger partial charge in [-0.2, -0.15) is 0 Å². The van der Waals surface area contributed by atoms with E-state index in [0.29, 0.717) is 39.6 Å². The molecule has 0 spiro atoms. The molecular formula is C22H34Br2N2O3. The summed E-state index contributed by atoms with van der Waals surface area (Å²) in [5.41, 5.74) is 5.24. The highest BCUT2D eigenvalue weighted by molar-refractivity contribution is 5.17. The fourth-order valence-corrected chi connectivity index (χ4v) is 2.63. The molecule has 0 aliphatic heterocycles. The Labute approximate surface area is 196 Å². The summed E-state index contributed by atoms with van der Waals surface area (Å²) in [7, 11) is 0. The third-order valence-electron chi connectivity index (χ3n) is 4.73. The molecule has 5 nitrogen and oxygen atoms in total. The van der Waals surface area contributed by atoms with Crippen LogP contribution in [0.25, 0.3) is 0 Å². The van der Waals surface area contributed by atoms with Gasteiger partial charge in [0.05, 0.1) is 26.4 Å². The third kappa shape index (κ3) is 11.2. The Morgan fingerprint density at radius 3 is 1.24 bits per heavy atom. The fourth-order valence-electron chi connectivity index (χ4n) is 2.63. The summed E-state index contributed by atoms with van der Waals surface area (Å²) in [6.45, 7) is 14.1. The van der Waals surface area contributed by atoms with Crippen LogP contribution in [0, 0.1) is 27.7 Å². The van der Waals surface area contributed by atoms with Gasteiger partial charge in [0.15, 0.2) is 37.9 Å². The van der Waals surface area contributed by atoms with E-state index in [-0.39, 0.29) is 34.0 Å². The number of ether oxygens (including phenoxy) is 3. The van der Waals surface area contributed by atoms with Crippen LogP contribution in [-0.2, 0) is 27.3 Å². The van der Waals surface area contributed by atoms with Crippen molar-refractivity contribution in [3.8, 4) is 0 Å². The topological polar surface area (TPSA) is 35.5 Å². The van der Waals surface area contributed by atoms with Crippen LogP contribution in [0.5, 0.6) is 0 Å². The average molecular weight is 534 g/mol. The first-order chi connectivity index (χ1) is 13.1. The smallest absolute Gasteiger partial charge is 0.172 e. The number of aryl methyl sites for hydroxylation is 4. The number of aromatic nitrogens is 2. The van der Waals surface area contributed by atoms with Gasteiger partial charge >= 0.3 is 0 Å². The van der Waals surface area contributed by atoms with Crippen LogP contribution < -0.4 is 43.1 Å². The summed E-state index contributed by atoms with van der Waals surface area (Å²) in [5.74, 6) is 0. The highest BCUT2D eigenvalue weighted by Gasteiger charge is 2.04. The Hall–Kier alpha value is -0.860. The summed E-state index contributed by atoms with van der Waals surface area (Å²) < 4.78 is 21.1. The van der Waals surface area contributed by atoms with Crippen molar-refractivity contribution in [2.45, 2.75) is 40.8 Å². The van der Waals surface area contributed by atoms with Crippen molar-refractivity contribution in [3.63, 3.8) is 0 Å². The molecule has 0 aliphatic carbocycles. The van der Waals surface area contributed by atoms with Gasteiger partial charge < -0.3 is 48.2 Å². The summed E-state index contributed by atoms with van der Waals surface area (Å²) in [6, 6.07) is 4.27. The largest absolute Gasteiger partial charge is 1.00 e. The lowest BCUT2D eigenvalue weighted by molar-refractivity contribution is -0.698. The van der Waals surface area contributed by atoms with Gasteiger partial charge in [-0.05, 0) is 38.8 Å². The van der Waals surface area contributed by atoms with E-state index in [2.05, 4.69) is 73.7 Å². The zero-order chi connectivity index (χ0) is 19.5. The highest BCUT2D eigenvalue weighted by Crippen LogP contribution is 2.01. The first-order valence-corrected chi connectivity index (χ1v) is 9.72. The van der Waals surface area contributed by atoms with E-state index in [0.717, 1.165) is 13.1 Å². The van der Waals surface area contributed by atoms with Crippen molar-refractivity contribution in [2.24, 2.45) is 0 Å². The van der Waals surface area contributed by atoms with Gasteiger partial charge in [-0.25, -0.2) is 9.13 Å². The molecule has 2 rings (SSSR count). The van der Waals surface area contributed by atoms with E-state index in [1.807, 2.05) is 0 Å². The Kier molecular flexibility index (Phi) is 15.4. The molecule has 0 saturated heterocycles. The summed E-state index contributed by atoms with van der Waals surface area (Å²) in [4.78, 5) is 0. The zero-order valence-corrected chi connectivity index (χ0v) is 21.2. The van der Waals surface area contributed by atoms with Gasteiger partial charge in [0.1, 0.15) is 13.2 Å². The average Bonchev–Trinajstić information content (AvgIpc) is 2.65. The standard InChI is InChI=1S/C22H34N2O3.2BrH/c1-19-5-7-23(17-21(19)3)9-11-25-13-15-27-16-14-26-12-10-24-8-6-20(2)22(4)18-24;;/h5-8,17-18H,9-16H2,1-4H3;2*1H/q+2;;/p-2. The van der Waals surface area contributed by atoms with Crippen molar-refractivity contribution in [3.05, 3.63) is 59.2 Å². The van der Waals surface area contributed by atoms with Crippen molar-refractivity contribution < 1.29 is 57.3 Å². The van der Waals surface area contributed by atoms with Crippen LogP contribution in [0.15, 0.2) is 36.9 Å². The van der Waals surface area contributed by atoms with Crippen LogP contribution in [0.3, 0.4) is 0 Å². The number of hydrogen-bond donors (Lipinski definition) is 0. The minimum absolute atomic E-state index is 0. The van der Waals surface area contributed by atoms with Crippen molar-refractivity contribution in [2.75, 3.05) is 39.6 Å². The maximum absolute atomic E-state index is 5.62. The lowest BCUT2D eigenvalue weighted by Gasteiger charge is -2.06. The van der Waals surface area contributed by atoms with Crippen LogP contribution in [0.1, 0.15) is 22.3 Å². The minimum atomic E-state index is 0. The molecule has 0 saturated carbocycles. The van der Waals surface area contributed by atoms with Crippen LogP contribution in [-0.4, -0.2) is 39.6 Å². The molecule has 0 atom stereocenters.